The van der Waals surface area contributed by atoms with Gasteiger partial charge in [0.25, 0.3) is 0 Å². The minimum absolute atomic E-state index is 0.442. The fraction of sp³-hybridized carbons (Fsp3) is 0.583. The van der Waals surface area contributed by atoms with Gasteiger partial charge in [0.1, 0.15) is 23.9 Å². The molecule has 2 heterocycles. The number of nitrogens with zero attached hydrogens (tertiary/aromatic N) is 4. The van der Waals surface area contributed by atoms with Crippen LogP contribution in [0.25, 0.3) is 0 Å². The smallest absolute Gasteiger partial charge is 0.145 e. The van der Waals surface area contributed by atoms with Gasteiger partial charge >= 0.3 is 0 Å². The maximum Gasteiger partial charge on any atom is 0.145 e. The van der Waals surface area contributed by atoms with Gasteiger partial charge in [0.15, 0.2) is 0 Å². The summed E-state index contributed by atoms with van der Waals surface area (Å²) in [6, 6.07) is 3.79. The van der Waals surface area contributed by atoms with Crippen LogP contribution in [0.5, 0.6) is 0 Å². The molecule has 16 heavy (non-hydrogen) atoms. The Kier molecular flexibility index (Phi) is 3.04. The lowest BCUT2D eigenvalue weighted by molar-refractivity contribution is 0.336. The molecule has 84 valence electrons. The van der Waals surface area contributed by atoms with E-state index in [9.17, 15) is 0 Å². The molecule has 0 amide bonds. The van der Waals surface area contributed by atoms with E-state index in [4.69, 9.17) is 5.26 Å². The van der Waals surface area contributed by atoms with Crippen LogP contribution < -0.4 is 4.90 Å². The fourth-order valence-electron chi connectivity index (χ4n) is 2.15. The van der Waals surface area contributed by atoms with Crippen molar-refractivity contribution in [1.29, 1.82) is 5.26 Å². The highest BCUT2D eigenvalue weighted by Crippen LogP contribution is 2.27. The summed E-state index contributed by atoms with van der Waals surface area (Å²) in [6.07, 6.45) is 2.73. The molecule has 1 aromatic heterocycles. The lowest BCUT2D eigenvalue weighted by atomic mass is 9.90. The van der Waals surface area contributed by atoms with E-state index in [1.165, 1.54) is 12.7 Å². The highest BCUT2D eigenvalue weighted by Gasteiger charge is 2.28. The van der Waals surface area contributed by atoms with Crippen LogP contribution >= 0.6 is 0 Å². The van der Waals surface area contributed by atoms with Gasteiger partial charge in [-0.15, -0.1) is 0 Å². The minimum atomic E-state index is 0.442. The van der Waals surface area contributed by atoms with Gasteiger partial charge in [-0.05, 0) is 18.3 Å². The molecule has 1 aromatic rings. The summed E-state index contributed by atoms with van der Waals surface area (Å²) in [5.41, 5.74) is 0.442. The van der Waals surface area contributed by atoms with E-state index >= 15 is 0 Å². The number of aromatic nitrogens is 2. The van der Waals surface area contributed by atoms with E-state index in [0.29, 0.717) is 5.69 Å². The lowest BCUT2D eigenvalue weighted by Gasteiger charge is -2.41. The molecule has 0 spiro atoms. The predicted octanol–water partition coefficient (Wildman–Crippen LogP) is 1.83. The molecule has 0 radical (unpaired) electrons. The van der Waals surface area contributed by atoms with Gasteiger partial charge < -0.3 is 4.90 Å². The molecule has 1 saturated heterocycles. The zero-order valence-corrected chi connectivity index (χ0v) is 9.72. The maximum atomic E-state index is 8.75. The van der Waals surface area contributed by atoms with Crippen molar-refractivity contribution in [3.8, 4) is 6.07 Å². The number of hydrogen-bond acceptors (Lipinski definition) is 4. The molecule has 0 aliphatic carbocycles. The number of nitriles is 1. The molecular weight excluding hydrogens is 200 g/mol. The average molecular weight is 216 g/mol. The maximum absolute atomic E-state index is 8.75. The average Bonchev–Trinajstić information content (AvgIpc) is 2.22. The van der Waals surface area contributed by atoms with Crippen LogP contribution in [0.3, 0.4) is 0 Å². The van der Waals surface area contributed by atoms with Crippen molar-refractivity contribution >= 4 is 5.82 Å². The molecule has 0 saturated carbocycles. The quantitative estimate of drug-likeness (QED) is 0.773. The first-order valence-electron chi connectivity index (χ1n) is 5.66. The lowest BCUT2D eigenvalue weighted by Crippen LogP contribution is -2.47. The van der Waals surface area contributed by atoms with E-state index in [0.717, 1.165) is 30.7 Å². The van der Waals surface area contributed by atoms with Crippen molar-refractivity contribution in [1.82, 2.24) is 9.97 Å². The van der Waals surface area contributed by atoms with Crippen LogP contribution in [0, 0.1) is 23.2 Å². The highest BCUT2D eigenvalue weighted by atomic mass is 15.2. The standard InChI is InChI=1S/C12H16N4/c1-9(2)3-10-6-16(7-10)12-4-11(5-13)14-8-15-12/h4,8-10H,3,6-7H2,1-2H3. The van der Waals surface area contributed by atoms with E-state index in [1.807, 2.05) is 6.07 Å². The van der Waals surface area contributed by atoms with Crippen LogP contribution in [0.2, 0.25) is 0 Å². The first kappa shape index (κ1) is 10.9. The van der Waals surface area contributed by atoms with Crippen molar-refractivity contribution in [3.05, 3.63) is 18.1 Å². The largest absolute Gasteiger partial charge is 0.356 e. The van der Waals surface area contributed by atoms with Gasteiger partial charge in [-0.25, -0.2) is 9.97 Å². The third-order valence-electron chi connectivity index (χ3n) is 2.85. The Balaban J connectivity index is 1.94. The highest BCUT2D eigenvalue weighted by molar-refractivity contribution is 5.44. The van der Waals surface area contributed by atoms with Gasteiger partial charge in [0.2, 0.25) is 0 Å². The number of hydrogen-bond donors (Lipinski definition) is 0. The molecule has 1 aliphatic rings. The summed E-state index contributed by atoms with van der Waals surface area (Å²) in [4.78, 5) is 10.3. The monoisotopic (exact) mass is 216 g/mol. The molecular formula is C12H16N4. The molecule has 1 aliphatic heterocycles. The van der Waals surface area contributed by atoms with E-state index in [-0.39, 0.29) is 0 Å². The summed E-state index contributed by atoms with van der Waals surface area (Å²) < 4.78 is 0. The Morgan fingerprint density at radius 2 is 2.25 bits per heavy atom. The van der Waals surface area contributed by atoms with Gasteiger partial charge in [0, 0.05) is 19.2 Å². The Hall–Kier alpha value is -1.63. The van der Waals surface area contributed by atoms with Crippen LogP contribution in [-0.4, -0.2) is 23.1 Å². The van der Waals surface area contributed by atoms with Crippen molar-refractivity contribution in [2.75, 3.05) is 18.0 Å². The van der Waals surface area contributed by atoms with Crippen LogP contribution in [-0.2, 0) is 0 Å². The molecule has 4 nitrogen and oxygen atoms in total. The number of rotatable bonds is 3. The second kappa shape index (κ2) is 4.48. The first-order valence-corrected chi connectivity index (χ1v) is 5.66. The van der Waals surface area contributed by atoms with Crippen molar-refractivity contribution < 1.29 is 0 Å². The molecule has 0 N–H and O–H groups in total. The molecule has 1 fully saturated rings. The van der Waals surface area contributed by atoms with E-state index in [1.54, 1.807) is 6.07 Å². The Morgan fingerprint density at radius 3 is 2.88 bits per heavy atom. The normalized spacial score (nSPS) is 16.0. The van der Waals surface area contributed by atoms with Crippen molar-refractivity contribution in [2.45, 2.75) is 20.3 Å². The molecule has 0 atom stereocenters. The zero-order chi connectivity index (χ0) is 11.5. The molecule has 4 heteroatoms. The topological polar surface area (TPSA) is 52.8 Å². The van der Waals surface area contributed by atoms with Crippen molar-refractivity contribution in [3.63, 3.8) is 0 Å². The van der Waals surface area contributed by atoms with Crippen molar-refractivity contribution in [2.24, 2.45) is 11.8 Å². The van der Waals surface area contributed by atoms with Crippen LogP contribution in [0.15, 0.2) is 12.4 Å². The van der Waals surface area contributed by atoms with E-state index in [2.05, 4.69) is 28.7 Å². The second-order valence-electron chi connectivity index (χ2n) is 4.77. The summed E-state index contributed by atoms with van der Waals surface area (Å²) in [6.45, 7) is 6.61. The van der Waals surface area contributed by atoms with Gasteiger partial charge in [-0.2, -0.15) is 5.26 Å². The van der Waals surface area contributed by atoms with Gasteiger partial charge in [0.05, 0.1) is 0 Å². The molecule has 2 rings (SSSR count). The molecule has 0 aromatic carbocycles. The van der Waals surface area contributed by atoms with Crippen LogP contribution in [0.4, 0.5) is 5.82 Å². The summed E-state index contributed by atoms with van der Waals surface area (Å²) in [7, 11) is 0. The Bertz CT molecular complexity index is 402. The Labute approximate surface area is 95.9 Å². The Morgan fingerprint density at radius 1 is 1.50 bits per heavy atom. The third kappa shape index (κ3) is 2.30. The fourth-order valence-corrected chi connectivity index (χ4v) is 2.15. The third-order valence-corrected chi connectivity index (χ3v) is 2.85. The SMILES string of the molecule is CC(C)CC1CN(c2cc(C#N)ncn2)C1. The second-order valence-corrected chi connectivity index (χ2v) is 4.77. The number of anilines is 1. The summed E-state index contributed by atoms with van der Waals surface area (Å²) in [5.74, 6) is 2.42. The first-order chi connectivity index (χ1) is 7.69. The molecule has 0 unspecified atom stereocenters. The van der Waals surface area contributed by atoms with Crippen LogP contribution in [0.1, 0.15) is 26.0 Å². The zero-order valence-electron chi connectivity index (χ0n) is 9.72. The van der Waals surface area contributed by atoms with Gasteiger partial charge in [-0.3, -0.25) is 0 Å². The predicted molar refractivity (Wildman–Crippen MR) is 61.9 cm³/mol. The van der Waals surface area contributed by atoms with E-state index < -0.39 is 0 Å². The minimum Gasteiger partial charge on any atom is -0.356 e. The molecule has 0 bridgehead atoms. The summed E-state index contributed by atoms with van der Waals surface area (Å²) in [5, 5.41) is 8.75. The van der Waals surface area contributed by atoms with Gasteiger partial charge in [-0.1, -0.05) is 13.8 Å². The summed E-state index contributed by atoms with van der Waals surface area (Å²) >= 11 is 0.